The summed E-state index contributed by atoms with van der Waals surface area (Å²) in [7, 11) is 0. The molecule has 0 saturated heterocycles. The molecule has 1 atom stereocenters. The fourth-order valence-corrected chi connectivity index (χ4v) is 2.01. The molecule has 0 radical (unpaired) electrons. The van der Waals surface area contributed by atoms with Crippen molar-refractivity contribution in [2.24, 2.45) is 0 Å². The number of anilines is 1. The van der Waals surface area contributed by atoms with Gasteiger partial charge in [-0.2, -0.15) is 0 Å². The van der Waals surface area contributed by atoms with E-state index in [0.29, 0.717) is 0 Å². The molecule has 0 heterocycles. The van der Waals surface area contributed by atoms with Crippen LogP contribution in [0.2, 0.25) is 5.02 Å². The van der Waals surface area contributed by atoms with Gasteiger partial charge in [-0.3, -0.25) is 0 Å². The largest absolute Gasteiger partial charge is 0.392 e. The zero-order valence-corrected chi connectivity index (χ0v) is 11.0. The molecule has 2 aromatic carbocycles. The van der Waals surface area contributed by atoms with Crippen molar-refractivity contribution in [3.05, 3.63) is 64.7 Å². The van der Waals surface area contributed by atoms with Crippen LogP contribution in [0.3, 0.4) is 0 Å². The molecule has 94 valence electrons. The van der Waals surface area contributed by atoms with Crippen LogP contribution in [0.25, 0.3) is 0 Å². The molecule has 0 bridgehead atoms. The first-order valence-corrected chi connectivity index (χ1v) is 6.28. The third-order valence-corrected chi connectivity index (χ3v) is 3.10. The molecule has 0 aliphatic heterocycles. The van der Waals surface area contributed by atoms with Crippen LogP contribution < -0.4 is 5.32 Å². The van der Waals surface area contributed by atoms with Crippen molar-refractivity contribution < 1.29 is 5.11 Å². The fourth-order valence-electron chi connectivity index (χ4n) is 1.82. The molecule has 3 heteroatoms. The number of halogens is 1. The summed E-state index contributed by atoms with van der Waals surface area (Å²) in [6.07, 6.45) is 0. The Morgan fingerprint density at radius 1 is 1.17 bits per heavy atom. The lowest BCUT2D eigenvalue weighted by Crippen LogP contribution is -2.06. The molecule has 0 spiro atoms. The van der Waals surface area contributed by atoms with Gasteiger partial charge < -0.3 is 10.4 Å². The van der Waals surface area contributed by atoms with E-state index >= 15 is 0 Å². The number of aliphatic hydroxyl groups excluding tert-OH is 1. The van der Waals surface area contributed by atoms with Crippen molar-refractivity contribution >= 4 is 17.3 Å². The second-order valence-corrected chi connectivity index (χ2v) is 4.71. The average Bonchev–Trinajstić information content (AvgIpc) is 2.39. The standard InChI is InChI=1S/C15H16ClNO/c1-11(13-3-2-4-14(16)9-13)17-15-7-5-12(10-18)6-8-15/h2-9,11,17-18H,10H2,1H3. The van der Waals surface area contributed by atoms with Crippen molar-refractivity contribution in [2.75, 3.05) is 5.32 Å². The number of hydrogen-bond acceptors (Lipinski definition) is 2. The van der Waals surface area contributed by atoms with Crippen LogP contribution in [-0.2, 0) is 6.61 Å². The Morgan fingerprint density at radius 2 is 1.89 bits per heavy atom. The third-order valence-electron chi connectivity index (χ3n) is 2.87. The van der Waals surface area contributed by atoms with Crippen LogP contribution in [0.4, 0.5) is 5.69 Å². The summed E-state index contributed by atoms with van der Waals surface area (Å²) in [5, 5.41) is 13.1. The Morgan fingerprint density at radius 3 is 2.50 bits per heavy atom. The number of rotatable bonds is 4. The maximum absolute atomic E-state index is 8.98. The molecule has 1 unspecified atom stereocenters. The van der Waals surface area contributed by atoms with Crippen molar-refractivity contribution in [1.29, 1.82) is 0 Å². The van der Waals surface area contributed by atoms with E-state index in [1.807, 2.05) is 48.5 Å². The summed E-state index contributed by atoms with van der Waals surface area (Å²) in [5.41, 5.74) is 3.09. The van der Waals surface area contributed by atoms with Crippen molar-refractivity contribution in [2.45, 2.75) is 19.6 Å². The van der Waals surface area contributed by atoms with Crippen LogP contribution >= 0.6 is 11.6 Å². The van der Waals surface area contributed by atoms with Crippen molar-refractivity contribution in [3.63, 3.8) is 0 Å². The Labute approximate surface area is 112 Å². The van der Waals surface area contributed by atoms with Crippen molar-refractivity contribution in [3.8, 4) is 0 Å². The maximum atomic E-state index is 8.98. The third kappa shape index (κ3) is 3.25. The number of benzene rings is 2. The molecule has 18 heavy (non-hydrogen) atoms. The van der Waals surface area contributed by atoms with Gasteiger partial charge in [-0.05, 0) is 42.3 Å². The zero-order valence-electron chi connectivity index (χ0n) is 10.2. The van der Waals surface area contributed by atoms with Crippen LogP contribution in [-0.4, -0.2) is 5.11 Å². The first-order valence-electron chi connectivity index (χ1n) is 5.91. The van der Waals surface area contributed by atoms with E-state index in [1.165, 1.54) is 0 Å². The molecule has 0 aliphatic carbocycles. The molecule has 0 aromatic heterocycles. The number of nitrogens with one attached hydrogen (secondary N) is 1. The lowest BCUT2D eigenvalue weighted by molar-refractivity contribution is 0.282. The maximum Gasteiger partial charge on any atom is 0.0681 e. The predicted molar refractivity (Wildman–Crippen MR) is 75.9 cm³/mol. The van der Waals surface area contributed by atoms with Gasteiger partial charge in [0.05, 0.1) is 6.61 Å². The molecule has 0 aliphatic rings. The van der Waals surface area contributed by atoms with Gasteiger partial charge in [-0.25, -0.2) is 0 Å². The summed E-state index contributed by atoms with van der Waals surface area (Å²) >= 11 is 5.98. The van der Waals surface area contributed by atoms with E-state index in [-0.39, 0.29) is 12.6 Å². The second-order valence-electron chi connectivity index (χ2n) is 4.28. The topological polar surface area (TPSA) is 32.3 Å². The lowest BCUT2D eigenvalue weighted by atomic mass is 10.1. The van der Waals surface area contributed by atoms with E-state index < -0.39 is 0 Å². The summed E-state index contributed by atoms with van der Waals surface area (Å²) in [5.74, 6) is 0. The highest BCUT2D eigenvalue weighted by molar-refractivity contribution is 6.30. The average molecular weight is 262 g/mol. The summed E-state index contributed by atoms with van der Waals surface area (Å²) in [6.45, 7) is 2.16. The van der Waals surface area contributed by atoms with Crippen LogP contribution in [0.5, 0.6) is 0 Å². The van der Waals surface area contributed by atoms with Crippen LogP contribution in [0.15, 0.2) is 48.5 Å². The summed E-state index contributed by atoms with van der Waals surface area (Å²) < 4.78 is 0. The molecule has 2 N–H and O–H groups in total. The minimum absolute atomic E-state index is 0.0735. The Balaban J connectivity index is 2.08. The SMILES string of the molecule is CC(Nc1ccc(CO)cc1)c1cccc(Cl)c1. The fraction of sp³-hybridized carbons (Fsp3) is 0.200. The first kappa shape index (κ1) is 12.9. The van der Waals surface area contributed by atoms with Gasteiger partial charge in [0.1, 0.15) is 0 Å². The van der Waals surface area contributed by atoms with E-state index in [0.717, 1.165) is 21.8 Å². The molecular weight excluding hydrogens is 246 g/mol. The first-order chi connectivity index (χ1) is 8.69. The van der Waals surface area contributed by atoms with E-state index in [1.54, 1.807) is 0 Å². The van der Waals surface area contributed by atoms with Gasteiger partial charge in [0, 0.05) is 16.8 Å². The second kappa shape index (κ2) is 5.89. The highest BCUT2D eigenvalue weighted by Gasteiger charge is 2.05. The highest BCUT2D eigenvalue weighted by Crippen LogP contribution is 2.22. The van der Waals surface area contributed by atoms with E-state index in [4.69, 9.17) is 16.7 Å². The quantitative estimate of drug-likeness (QED) is 0.872. The van der Waals surface area contributed by atoms with Gasteiger partial charge in [-0.15, -0.1) is 0 Å². The summed E-state index contributed by atoms with van der Waals surface area (Å²) in [4.78, 5) is 0. The van der Waals surface area contributed by atoms with Gasteiger partial charge in [0.25, 0.3) is 0 Å². The summed E-state index contributed by atoms with van der Waals surface area (Å²) in [6, 6.07) is 15.8. The van der Waals surface area contributed by atoms with Gasteiger partial charge >= 0.3 is 0 Å². The van der Waals surface area contributed by atoms with Crippen LogP contribution in [0.1, 0.15) is 24.1 Å². The van der Waals surface area contributed by atoms with Gasteiger partial charge in [0.15, 0.2) is 0 Å². The normalized spacial score (nSPS) is 12.2. The Hall–Kier alpha value is -1.51. The van der Waals surface area contributed by atoms with Gasteiger partial charge in [0.2, 0.25) is 0 Å². The number of aliphatic hydroxyl groups is 1. The minimum atomic E-state index is 0.0735. The molecule has 2 rings (SSSR count). The highest BCUT2D eigenvalue weighted by atomic mass is 35.5. The Bertz CT molecular complexity index is 510. The lowest BCUT2D eigenvalue weighted by Gasteiger charge is -2.16. The molecule has 2 nitrogen and oxygen atoms in total. The molecule has 2 aromatic rings. The van der Waals surface area contributed by atoms with Crippen molar-refractivity contribution in [1.82, 2.24) is 0 Å². The van der Waals surface area contributed by atoms with E-state index in [2.05, 4.69) is 12.2 Å². The smallest absolute Gasteiger partial charge is 0.0681 e. The molecular formula is C15H16ClNO. The minimum Gasteiger partial charge on any atom is -0.392 e. The van der Waals surface area contributed by atoms with Gasteiger partial charge in [-0.1, -0.05) is 35.9 Å². The molecule has 0 fully saturated rings. The number of hydrogen-bond donors (Lipinski definition) is 2. The molecule has 0 amide bonds. The Kier molecular flexibility index (Phi) is 4.24. The zero-order chi connectivity index (χ0) is 13.0. The monoisotopic (exact) mass is 261 g/mol. The van der Waals surface area contributed by atoms with Crippen LogP contribution in [0, 0.1) is 0 Å². The predicted octanol–water partition coefficient (Wildman–Crippen LogP) is 4.01. The molecule has 0 saturated carbocycles. The van der Waals surface area contributed by atoms with E-state index in [9.17, 15) is 0 Å².